The van der Waals surface area contributed by atoms with Crippen LogP contribution < -0.4 is 5.43 Å². The summed E-state index contributed by atoms with van der Waals surface area (Å²) in [5.41, 5.74) is 4.08. The van der Waals surface area contributed by atoms with Gasteiger partial charge in [0.25, 0.3) is 0 Å². The summed E-state index contributed by atoms with van der Waals surface area (Å²) in [6, 6.07) is 11.5. The zero-order valence-electron chi connectivity index (χ0n) is 15.1. The number of benzene rings is 1. The Morgan fingerprint density at radius 2 is 2.00 bits per heavy atom. The van der Waals surface area contributed by atoms with Crippen LogP contribution >= 0.6 is 34.7 Å². The van der Waals surface area contributed by atoms with Crippen LogP contribution in [-0.4, -0.2) is 24.2 Å². The molecule has 140 valence electrons. The summed E-state index contributed by atoms with van der Waals surface area (Å²) in [7, 11) is 0. The van der Waals surface area contributed by atoms with Gasteiger partial charge in [-0.3, -0.25) is 0 Å². The molecular weight excluding hydrogens is 388 g/mol. The van der Waals surface area contributed by atoms with Crippen molar-refractivity contribution < 1.29 is 9.53 Å². The molecule has 1 heterocycles. The van der Waals surface area contributed by atoms with E-state index in [2.05, 4.69) is 23.5 Å². The average Bonchev–Trinajstić information content (AvgIpc) is 3.08. The maximum atomic E-state index is 11.9. The number of rotatable bonds is 8. The van der Waals surface area contributed by atoms with E-state index in [9.17, 15) is 4.79 Å². The normalized spacial score (nSPS) is 11.7. The zero-order valence-corrected chi connectivity index (χ0v) is 17.5. The second-order valence-electron chi connectivity index (χ2n) is 5.97. The quantitative estimate of drug-likeness (QED) is 0.442. The van der Waals surface area contributed by atoms with Gasteiger partial charge in [-0.05, 0) is 35.9 Å². The molecule has 4 nitrogen and oxygen atoms in total. The van der Waals surface area contributed by atoms with Gasteiger partial charge in [0.15, 0.2) is 0 Å². The molecule has 1 N–H and O–H groups in total. The fourth-order valence-corrected chi connectivity index (χ4v) is 3.96. The molecular formula is C19H23ClN2O2S2. The highest BCUT2D eigenvalue weighted by molar-refractivity contribution is 7.98. The van der Waals surface area contributed by atoms with Gasteiger partial charge in [0.1, 0.15) is 5.71 Å². The van der Waals surface area contributed by atoms with Crippen molar-refractivity contribution in [2.75, 3.05) is 12.4 Å². The maximum Gasteiger partial charge on any atom is 0.427 e. The predicted octanol–water partition coefficient (Wildman–Crippen LogP) is 5.79. The lowest BCUT2D eigenvalue weighted by atomic mass is 10.1. The van der Waals surface area contributed by atoms with E-state index in [0.717, 1.165) is 21.9 Å². The van der Waals surface area contributed by atoms with E-state index < -0.39 is 6.09 Å². The first-order valence-electron chi connectivity index (χ1n) is 8.42. The Labute approximate surface area is 168 Å². The molecule has 0 aliphatic carbocycles. The minimum Gasteiger partial charge on any atom is -0.448 e. The Hall–Kier alpha value is -1.50. The lowest BCUT2D eigenvalue weighted by Crippen LogP contribution is -2.23. The number of nitrogens with one attached hydrogen (secondary N) is 1. The lowest BCUT2D eigenvalue weighted by molar-refractivity contribution is 0.133. The third kappa shape index (κ3) is 6.67. The number of halogens is 1. The van der Waals surface area contributed by atoms with E-state index in [-0.39, 0.29) is 5.92 Å². The smallest absolute Gasteiger partial charge is 0.427 e. The summed E-state index contributed by atoms with van der Waals surface area (Å²) in [6.07, 6.45) is -0.552. The van der Waals surface area contributed by atoms with Gasteiger partial charge in [0.2, 0.25) is 0 Å². The van der Waals surface area contributed by atoms with Crippen molar-refractivity contribution in [1.82, 2.24) is 5.43 Å². The molecule has 1 aromatic carbocycles. The van der Waals surface area contributed by atoms with Crippen molar-refractivity contribution in [3.05, 3.63) is 56.7 Å². The number of hydrazone groups is 1. The third-order valence-electron chi connectivity index (χ3n) is 3.27. The Kier molecular flexibility index (Phi) is 8.48. The maximum absolute atomic E-state index is 11.9. The first-order valence-corrected chi connectivity index (χ1v) is 10.8. The van der Waals surface area contributed by atoms with Crippen LogP contribution in [0.5, 0.6) is 0 Å². The molecule has 0 atom stereocenters. The fourth-order valence-electron chi connectivity index (χ4n) is 2.03. The molecule has 1 amide bonds. The van der Waals surface area contributed by atoms with E-state index in [1.54, 1.807) is 11.3 Å². The van der Waals surface area contributed by atoms with Crippen LogP contribution in [-0.2, 0) is 10.5 Å². The molecule has 0 spiro atoms. The minimum atomic E-state index is -0.552. The number of thioether (sulfide) groups is 1. The summed E-state index contributed by atoms with van der Waals surface area (Å²) >= 11 is 9.54. The number of hydrogen-bond donors (Lipinski definition) is 1. The summed E-state index contributed by atoms with van der Waals surface area (Å²) in [5.74, 6) is 2.32. The molecule has 26 heavy (non-hydrogen) atoms. The third-order valence-corrected chi connectivity index (χ3v) is 5.72. The largest absolute Gasteiger partial charge is 0.448 e. The van der Waals surface area contributed by atoms with Gasteiger partial charge in [-0.1, -0.05) is 44.5 Å². The highest BCUT2D eigenvalue weighted by atomic mass is 35.5. The van der Waals surface area contributed by atoms with E-state index in [0.29, 0.717) is 17.3 Å². The zero-order chi connectivity index (χ0) is 18.9. The van der Waals surface area contributed by atoms with E-state index in [1.807, 2.05) is 55.9 Å². The van der Waals surface area contributed by atoms with Gasteiger partial charge >= 0.3 is 6.09 Å². The molecule has 0 radical (unpaired) electrons. The van der Waals surface area contributed by atoms with Crippen molar-refractivity contribution >= 4 is 46.5 Å². The SMILES string of the molecule is CCSCc1ccc(C(=NNC(=O)OCC(C)C)c2ccc(Cl)cc2)s1. The molecule has 2 aromatic rings. The summed E-state index contributed by atoms with van der Waals surface area (Å²) in [6.45, 7) is 6.47. The number of hydrogen-bond acceptors (Lipinski definition) is 5. The molecule has 0 unspecified atom stereocenters. The predicted molar refractivity (Wildman–Crippen MR) is 113 cm³/mol. The van der Waals surface area contributed by atoms with E-state index in [4.69, 9.17) is 16.3 Å². The Balaban J connectivity index is 2.21. The van der Waals surface area contributed by atoms with E-state index in [1.165, 1.54) is 4.88 Å². The summed E-state index contributed by atoms with van der Waals surface area (Å²) < 4.78 is 5.12. The van der Waals surface area contributed by atoms with Crippen LogP contribution in [0.4, 0.5) is 4.79 Å². The Morgan fingerprint density at radius 3 is 2.65 bits per heavy atom. The average molecular weight is 411 g/mol. The van der Waals surface area contributed by atoms with Gasteiger partial charge < -0.3 is 4.74 Å². The molecule has 0 aliphatic heterocycles. The van der Waals surface area contributed by atoms with Crippen LogP contribution in [0.1, 0.15) is 36.1 Å². The molecule has 0 bridgehead atoms. The summed E-state index contributed by atoms with van der Waals surface area (Å²) in [5, 5.41) is 4.97. The van der Waals surface area contributed by atoms with Crippen molar-refractivity contribution in [3.8, 4) is 0 Å². The highest BCUT2D eigenvalue weighted by Crippen LogP contribution is 2.25. The lowest BCUT2D eigenvalue weighted by Gasteiger charge is -2.08. The molecule has 0 saturated heterocycles. The number of amides is 1. The number of nitrogens with zero attached hydrogens (tertiary/aromatic N) is 1. The second kappa shape index (κ2) is 10.6. The number of thiophene rings is 1. The topological polar surface area (TPSA) is 50.7 Å². The second-order valence-corrected chi connectivity index (χ2v) is 8.85. The first-order chi connectivity index (χ1) is 12.5. The standard InChI is InChI=1S/C19H23ClN2O2S2/c1-4-25-12-16-9-10-17(26-16)18(14-5-7-15(20)8-6-14)21-22-19(23)24-11-13(2)3/h5-10,13H,4,11-12H2,1-3H3,(H,22,23). The molecule has 0 fully saturated rings. The highest BCUT2D eigenvalue weighted by Gasteiger charge is 2.12. The molecule has 1 aromatic heterocycles. The monoisotopic (exact) mass is 410 g/mol. The van der Waals surface area contributed by atoms with Gasteiger partial charge in [0, 0.05) is 21.2 Å². The Bertz CT molecular complexity index is 742. The number of carbonyl (C=O) groups excluding carboxylic acids is 1. The van der Waals surface area contributed by atoms with Crippen LogP contribution in [0.3, 0.4) is 0 Å². The van der Waals surface area contributed by atoms with Crippen LogP contribution in [0, 0.1) is 5.92 Å². The van der Waals surface area contributed by atoms with Gasteiger partial charge in [-0.25, -0.2) is 10.2 Å². The number of ether oxygens (including phenoxy) is 1. The van der Waals surface area contributed by atoms with Crippen LogP contribution in [0.2, 0.25) is 5.02 Å². The van der Waals surface area contributed by atoms with Crippen molar-refractivity contribution in [2.24, 2.45) is 11.0 Å². The van der Waals surface area contributed by atoms with Gasteiger partial charge in [0.05, 0.1) is 11.5 Å². The van der Waals surface area contributed by atoms with E-state index >= 15 is 0 Å². The number of carbonyl (C=O) groups is 1. The van der Waals surface area contributed by atoms with Gasteiger partial charge in [-0.2, -0.15) is 16.9 Å². The Morgan fingerprint density at radius 1 is 1.27 bits per heavy atom. The van der Waals surface area contributed by atoms with Crippen molar-refractivity contribution in [2.45, 2.75) is 26.5 Å². The minimum absolute atomic E-state index is 0.274. The van der Waals surface area contributed by atoms with Crippen LogP contribution in [0.25, 0.3) is 0 Å². The van der Waals surface area contributed by atoms with Gasteiger partial charge in [-0.15, -0.1) is 11.3 Å². The summed E-state index contributed by atoms with van der Waals surface area (Å²) in [4.78, 5) is 14.1. The van der Waals surface area contributed by atoms with Crippen molar-refractivity contribution in [1.29, 1.82) is 0 Å². The van der Waals surface area contributed by atoms with Crippen molar-refractivity contribution in [3.63, 3.8) is 0 Å². The molecule has 7 heteroatoms. The molecule has 0 aliphatic rings. The molecule has 0 saturated carbocycles. The molecule has 2 rings (SSSR count). The first kappa shape index (κ1) is 20.8. The van der Waals surface area contributed by atoms with Crippen LogP contribution in [0.15, 0.2) is 41.5 Å². The fraction of sp³-hybridized carbons (Fsp3) is 0.368.